The standard InChI is InChI=1S/C58H102O8/c1-47(2)37-29-21-13-9-17-25-33-41-63-55(59)51-45-53(57(61)65-43-35-27-19-11-15-23-31-39-49(5)6)54(58(62)66-44-36-28-20-12-16-24-32-40-50(7)8)46-52(51)56(60)64-42-34-26-18-10-14-22-30-38-48(3)4/h45-50H,9-44H2,1-8H3. The molecule has 382 valence electrons. The molecule has 1 aromatic carbocycles. The molecule has 0 bridgehead atoms. The number of carbonyl (C=O) groups is 4. The number of hydrogen-bond donors (Lipinski definition) is 0. The summed E-state index contributed by atoms with van der Waals surface area (Å²) < 4.78 is 22.9. The van der Waals surface area contributed by atoms with E-state index >= 15 is 0 Å². The van der Waals surface area contributed by atoms with Gasteiger partial charge in [0.2, 0.25) is 0 Å². The molecule has 0 radical (unpaired) electrons. The number of carbonyl (C=O) groups excluding carboxylic acids is 4. The minimum atomic E-state index is -0.723. The summed E-state index contributed by atoms with van der Waals surface area (Å²) in [6.45, 7) is 18.9. The summed E-state index contributed by atoms with van der Waals surface area (Å²) in [6, 6.07) is 2.59. The average Bonchev–Trinajstić information content (AvgIpc) is 3.27. The Balaban J connectivity index is 3.10. The van der Waals surface area contributed by atoms with Gasteiger partial charge in [0.15, 0.2) is 0 Å². The molecule has 0 aromatic heterocycles. The average molecular weight is 927 g/mol. The zero-order valence-corrected chi connectivity index (χ0v) is 44.2. The van der Waals surface area contributed by atoms with E-state index in [2.05, 4.69) is 55.4 Å². The van der Waals surface area contributed by atoms with Crippen LogP contribution in [0.2, 0.25) is 0 Å². The maximum absolute atomic E-state index is 13.8. The van der Waals surface area contributed by atoms with Gasteiger partial charge in [-0.05, 0) is 61.5 Å². The third kappa shape index (κ3) is 33.6. The van der Waals surface area contributed by atoms with Gasteiger partial charge in [0.05, 0.1) is 48.7 Å². The molecule has 66 heavy (non-hydrogen) atoms. The predicted octanol–water partition coefficient (Wildman–Crippen LogP) is 17.4. The lowest BCUT2D eigenvalue weighted by Crippen LogP contribution is -2.21. The van der Waals surface area contributed by atoms with Gasteiger partial charge in [-0.15, -0.1) is 0 Å². The van der Waals surface area contributed by atoms with Gasteiger partial charge in [0.1, 0.15) is 0 Å². The van der Waals surface area contributed by atoms with Gasteiger partial charge in [-0.25, -0.2) is 19.2 Å². The highest BCUT2D eigenvalue weighted by molar-refractivity contribution is 6.10. The molecule has 0 unspecified atom stereocenters. The Morgan fingerprint density at radius 1 is 0.273 bits per heavy atom. The second-order valence-corrected chi connectivity index (χ2v) is 21.1. The normalized spacial score (nSPS) is 11.6. The summed E-state index contributed by atoms with van der Waals surface area (Å²) in [5, 5.41) is 0. The van der Waals surface area contributed by atoms with Crippen molar-refractivity contribution in [2.24, 2.45) is 23.7 Å². The van der Waals surface area contributed by atoms with E-state index in [4.69, 9.17) is 18.9 Å². The quantitative estimate of drug-likeness (QED) is 0.0362. The molecule has 0 aliphatic carbocycles. The van der Waals surface area contributed by atoms with Gasteiger partial charge >= 0.3 is 23.9 Å². The number of rotatable bonds is 44. The molecule has 0 amide bonds. The van der Waals surface area contributed by atoms with Crippen molar-refractivity contribution < 1.29 is 38.1 Å². The fourth-order valence-corrected chi connectivity index (χ4v) is 8.40. The van der Waals surface area contributed by atoms with Crippen LogP contribution < -0.4 is 0 Å². The van der Waals surface area contributed by atoms with Gasteiger partial charge in [-0.1, -0.05) is 235 Å². The lowest BCUT2D eigenvalue weighted by Gasteiger charge is -2.15. The van der Waals surface area contributed by atoms with Crippen molar-refractivity contribution in [3.63, 3.8) is 0 Å². The van der Waals surface area contributed by atoms with Gasteiger partial charge in [0.25, 0.3) is 0 Å². The Labute approximate surface area is 406 Å². The Hall–Kier alpha value is -2.90. The number of hydrogen-bond acceptors (Lipinski definition) is 8. The first-order valence-corrected chi connectivity index (χ1v) is 27.7. The van der Waals surface area contributed by atoms with Crippen LogP contribution in [-0.4, -0.2) is 50.3 Å². The summed E-state index contributed by atoms with van der Waals surface area (Å²) in [5.74, 6) is 0.0744. The lowest BCUT2D eigenvalue weighted by atomic mass is 9.97. The van der Waals surface area contributed by atoms with Crippen molar-refractivity contribution in [2.45, 2.75) is 261 Å². The Morgan fingerprint density at radius 2 is 0.424 bits per heavy atom. The summed E-state index contributed by atoms with van der Waals surface area (Å²) >= 11 is 0. The SMILES string of the molecule is CC(C)CCCCCCCCCOC(=O)c1cc(C(=O)OCCCCCCCCCC(C)C)c(C(=O)OCCCCCCCCCC(C)C)cc1C(=O)OCCCCCCCCCC(C)C. The molecule has 0 spiro atoms. The molecule has 0 heterocycles. The van der Waals surface area contributed by atoms with Crippen molar-refractivity contribution in [1.82, 2.24) is 0 Å². The first-order valence-electron chi connectivity index (χ1n) is 27.7. The highest BCUT2D eigenvalue weighted by Gasteiger charge is 2.29. The molecule has 0 saturated carbocycles. The van der Waals surface area contributed by atoms with E-state index in [1.165, 1.54) is 115 Å². The first kappa shape index (κ1) is 61.1. The number of esters is 4. The maximum atomic E-state index is 13.8. The molecule has 8 heteroatoms. The van der Waals surface area contributed by atoms with Crippen molar-refractivity contribution in [2.75, 3.05) is 26.4 Å². The second-order valence-electron chi connectivity index (χ2n) is 21.1. The Kier molecular flexibility index (Phi) is 38.1. The van der Waals surface area contributed by atoms with Crippen LogP contribution in [0.3, 0.4) is 0 Å². The third-order valence-electron chi connectivity index (χ3n) is 12.7. The summed E-state index contributed by atoms with van der Waals surface area (Å²) in [4.78, 5) is 55.2. The van der Waals surface area contributed by atoms with E-state index in [0.717, 1.165) is 101 Å². The van der Waals surface area contributed by atoms with E-state index in [9.17, 15) is 19.2 Å². The van der Waals surface area contributed by atoms with Crippen molar-refractivity contribution in [3.8, 4) is 0 Å². The number of benzene rings is 1. The topological polar surface area (TPSA) is 105 Å². The van der Waals surface area contributed by atoms with E-state index < -0.39 is 23.9 Å². The van der Waals surface area contributed by atoms with Crippen LogP contribution in [0.15, 0.2) is 12.1 Å². The van der Waals surface area contributed by atoms with Gasteiger partial charge < -0.3 is 18.9 Å². The van der Waals surface area contributed by atoms with Crippen LogP contribution in [0.25, 0.3) is 0 Å². The minimum Gasteiger partial charge on any atom is -0.462 e. The molecule has 1 aromatic rings. The van der Waals surface area contributed by atoms with Gasteiger partial charge in [-0.3, -0.25) is 0 Å². The zero-order chi connectivity index (χ0) is 48.6. The fourth-order valence-electron chi connectivity index (χ4n) is 8.40. The summed E-state index contributed by atoms with van der Waals surface area (Å²) in [5.41, 5.74) is -0.386. The molecule has 0 N–H and O–H groups in total. The van der Waals surface area contributed by atoms with Crippen molar-refractivity contribution in [1.29, 1.82) is 0 Å². The molecular formula is C58H102O8. The van der Waals surface area contributed by atoms with Crippen LogP contribution in [0.1, 0.15) is 302 Å². The molecule has 0 fully saturated rings. The number of ether oxygens (including phenoxy) is 4. The number of unbranched alkanes of at least 4 members (excludes halogenated alkanes) is 24. The Bertz CT molecular complexity index is 1180. The Morgan fingerprint density at radius 3 is 0.591 bits per heavy atom. The largest absolute Gasteiger partial charge is 0.462 e. The third-order valence-corrected chi connectivity index (χ3v) is 12.7. The molecule has 0 aliphatic heterocycles. The van der Waals surface area contributed by atoms with Crippen LogP contribution in [0.4, 0.5) is 0 Å². The maximum Gasteiger partial charge on any atom is 0.339 e. The van der Waals surface area contributed by atoms with Crippen LogP contribution in [0, 0.1) is 23.7 Å². The van der Waals surface area contributed by atoms with Crippen LogP contribution >= 0.6 is 0 Å². The monoisotopic (exact) mass is 927 g/mol. The van der Waals surface area contributed by atoms with Gasteiger partial charge in [0, 0.05) is 0 Å². The highest BCUT2D eigenvalue weighted by atomic mass is 16.5. The fraction of sp³-hybridized carbons (Fsp3) is 0.828. The molecule has 1 rings (SSSR count). The summed E-state index contributed by atoms with van der Waals surface area (Å²) in [6.07, 6.45) is 35.4. The van der Waals surface area contributed by atoms with Crippen LogP contribution in [0.5, 0.6) is 0 Å². The lowest BCUT2D eigenvalue weighted by molar-refractivity contribution is 0.0434. The zero-order valence-electron chi connectivity index (χ0n) is 44.2. The smallest absolute Gasteiger partial charge is 0.339 e. The van der Waals surface area contributed by atoms with Crippen molar-refractivity contribution in [3.05, 3.63) is 34.4 Å². The predicted molar refractivity (Wildman–Crippen MR) is 275 cm³/mol. The first-order chi connectivity index (χ1) is 31.8. The van der Waals surface area contributed by atoms with E-state index in [-0.39, 0.29) is 48.7 Å². The molecule has 0 saturated heterocycles. The van der Waals surface area contributed by atoms with Gasteiger partial charge in [-0.2, -0.15) is 0 Å². The van der Waals surface area contributed by atoms with E-state index in [1.54, 1.807) is 0 Å². The molecule has 0 atom stereocenters. The minimum absolute atomic E-state index is 0.0964. The van der Waals surface area contributed by atoms with Crippen molar-refractivity contribution >= 4 is 23.9 Å². The van der Waals surface area contributed by atoms with E-state index in [1.807, 2.05) is 0 Å². The second kappa shape index (κ2) is 41.1. The molecule has 8 nitrogen and oxygen atoms in total. The van der Waals surface area contributed by atoms with E-state index in [0.29, 0.717) is 25.7 Å². The molecular weight excluding hydrogens is 825 g/mol. The molecule has 0 aliphatic rings. The van der Waals surface area contributed by atoms with Crippen LogP contribution in [-0.2, 0) is 18.9 Å². The summed E-state index contributed by atoms with van der Waals surface area (Å²) in [7, 11) is 0. The highest BCUT2D eigenvalue weighted by Crippen LogP contribution is 2.24.